The SMILES string of the molecule is CC1CC2CNCC1N2C(=O)OCc1ccccc1. The second-order valence-electron chi connectivity index (χ2n) is 5.54. The highest BCUT2D eigenvalue weighted by Gasteiger charge is 2.44. The van der Waals surface area contributed by atoms with Gasteiger partial charge < -0.3 is 10.1 Å². The molecule has 0 spiro atoms. The Morgan fingerprint density at radius 1 is 1.37 bits per heavy atom. The molecule has 2 saturated heterocycles. The molecular formula is C15H20N2O2. The van der Waals surface area contributed by atoms with E-state index in [4.69, 9.17) is 4.74 Å². The van der Waals surface area contributed by atoms with Crippen molar-refractivity contribution in [1.82, 2.24) is 10.2 Å². The second-order valence-corrected chi connectivity index (χ2v) is 5.54. The number of rotatable bonds is 2. The molecule has 0 aliphatic carbocycles. The van der Waals surface area contributed by atoms with Gasteiger partial charge in [0.25, 0.3) is 0 Å². The predicted molar refractivity (Wildman–Crippen MR) is 72.7 cm³/mol. The summed E-state index contributed by atoms with van der Waals surface area (Å²) in [5, 5.41) is 3.39. The van der Waals surface area contributed by atoms with E-state index >= 15 is 0 Å². The molecule has 1 aromatic rings. The molecule has 102 valence electrons. The third-order valence-corrected chi connectivity index (χ3v) is 4.20. The number of carbonyl (C=O) groups excluding carboxylic acids is 1. The molecule has 2 aliphatic rings. The largest absolute Gasteiger partial charge is 0.445 e. The first-order valence-corrected chi connectivity index (χ1v) is 6.95. The number of benzene rings is 1. The first-order chi connectivity index (χ1) is 9.25. The summed E-state index contributed by atoms with van der Waals surface area (Å²) >= 11 is 0. The van der Waals surface area contributed by atoms with Gasteiger partial charge in [0.2, 0.25) is 0 Å². The third-order valence-electron chi connectivity index (χ3n) is 4.20. The van der Waals surface area contributed by atoms with Gasteiger partial charge in [0.15, 0.2) is 0 Å². The Morgan fingerprint density at radius 2 is 2.16 bits per heavy atom. The Morgan fingerprint density at radius 3 is 2.89 bits per heavy atom. The van der Waals surface area contributed by atoms with Crippen molar-refractivity contribution in [2.24, 2.45) is 5.92 Å². The molecule has 3 rings (SSSR count). The molecule has 2 bridgehead atoms. The Labute approximate surface area is 113 Å². The Hall–Kier alpha value is -1.55. The monoisotopic (exact) mass is 260 g/mol. The Kier molecular flexibility index (Phi) is 3.42. The van der Waals surface area contributed by atoms with Crippen molar-refractivity contribution in [2.45, 2.75) is 32.0 Å². The maximum atomic E-state index is 12.3. The maximum absolute atomic E-state index is 12.3. The molecule has 2 heterocycles. The van der Waals surface area contributed by atoms with Crippen LogP contribution < -0.4 is 5.32 Å². The minimum atomic E-state index is -0.162. The number of ether oxygens (including phenoxy) is 1. The highest BCUT2D eigenvalue weighted by atomic mass is 16.6. The van der Waals surface area contributed by atoms with Crippen LogP contribution in [0.25, 0.3) is 0 Å². The first-order valence-electron chi connectivity index (χ1n) is 6.95. The number of hydrogen-bond donors (Lipinski definition) is 1. The van der Waals surface area contributed by atoms with Gasteiger partial charge in [-0.2, -0.15) is 0 Å². The van der Waals surface area contributed by atoms with E-state index in [2.05, 4.69) is 12.2 Å². The third kappa shape index (κ3) is 2.45. The molecular weight excluding hydrogens is 240 g/mol. The fourth-order valence-corrected chi connectivity index (χ4v) is 3.20. The summed E-state index contributed by atoms with van der Waals surface area (Å²) in [6.45, 7) is 4.35. The normalized spacial score (nSPS) is 29.3. The van der Waals surface area contributed by atoms with Crippen molar-refractivity contribution >= 4 is 6.09 Å². The second kappa shape index (κ2) is 5.21. The minimum absolute atomic E-state index is 0.162. The first kappa shape index (κ1) is 12.5. The van der Waals surface area contributed by atoms with Crippen LogP contribution in [0.2, 0.25) is 0 Å². The zero-order chi connectivity index (χ0) is 13.2. The van der Waals surface area contributed by atoms with E-state index in [9.17, 15) is 4.79 Å². The average molecular weight is 260 g/mol. The molecule has 19 heavy (non-hydrogen) atoms. The summed E-state index contributed by atoms with van der Waals surface area (Å²) < 4.78 is 5.46. The van der Waals surface area contributed by atoms with Crippen LogP contribution in [0.15, 0.2) is 30.3 Å². The molecule has 1 N–H and O–H groups in total. The zero-order valence-electron chi connectivity index (χ0n) is 11.2. The predicted octanol–water partition coefficient (Wildman–Crippen LogP) is 2.01. The summed E-state index contributed by atoms with van der Waals surface area (Å²) in [5.74, 6) is 0.560. The molecule has 2 fully saturated rings. The number of nitrogens with one attached hydrogen (secondary N) is 1. The van der Waals surface area contributed by atoms with Crippen LogP contribution in [0.3, 0.4) is 0 Å². The summed E-state index contributed by atoms with van der Waals surface area (Å²) in [6, 6.07) is 10.4. The number of fused-ring (bicyclic) bond motifs is 2. The smallest absolute Gasteiger partial charge is 0.410 e. The van der Waals surface area contributed by atoms with Crippen molar-refractivity contribution in [3.63, 3.8) is 0 Å². The van der Waals surface area contributed by atoms with Crippen LogP contribution >= 0.6 is 0 Å². The van der Waals surface area contributed by atoms with E-state index < -0.39 is 0 Å². The van der Waals surface area contributed by atoms with Gasteiger partial charge in [0, 0.05) is 19.1 Å². The molecule has 2 aliphatic heterocycles. The van der Waals surface area contributed by atoms with Gasteiger partial charge in [0.05, 0.1) is 6.04 Å². The number of hydrogen-bond acceptors (Lipinski definition) is 3. The van der Waals surface area contributed by atoms with Crippen molar-refractivity contribution < 1.29 is 9.53 Å². The van der Waals surface area contributed by atoms with Crippen molar-refractivity contribution in [2.75, 3.05) is 13.1 Å². The van der Waals surface area contributed by atoms with E-state index in [-0.39, 0.29) is 6.09 Å². The summed E-state index contributed by atoms with van der Waals surface area (Å²) in [5.41, 5.74) is 1.03. The molecule has 3 atom stereocenters. The van der Waals surface area contributed by atoms with E-state index in [1.165, 1.54) is 0 Å². The molecule has 4 nitrogen and oxygen atoms in total. The van der Waals surface area contributed by atoms with E-state index in [1.807, 2.05) is 35.2 Å². The lowest BCUT2D eigenvalue weighted by Crippen LogP contribution is -2.55. The van der Waals surface area contributed by atoms with Crippen molar-refractivity contribution in [3.05, 3.63) is 35.9 Å². The van der Waals surface area contributed by atoms with Crippen LogP contribution in [-0.2, 0) is 11.3 Å². The van der Waals surface area contributed by atoms with Crippen molar-refractivity contribution in [3.8, 4) is 0 Å². The molecule has 0 saturated carbocycles. The fraction of sp³-hybridized carbons (Fsp3) is 0.533. The number of nitrogens with zero attached hydrogens (tertiary/aromatic N) is 1. The zero-order valence-corrected chi connectivity index (χ0v) is 11.2. The quantitative estimate of drug-likeness (QED) is 0.884. The van der Waals surface area contributed by atoms with Gasteiger partial charge in [-0.25, -0.2) is 4.79 Å². The summed E-state index contributed by atoms with van der Waals surface area (Å²) in [6.07, 6.45) is 0.919. The van der Waals surface area contributed by atoms with Crippen LogP contribution in [-0.4, -0.2) is 36.2 Å². The summed E-state index contributed by atoms with van der Waals surface area (Å²) in [7, 11) is 0. The minimum Gasteiger partial charge on any atom is -0.445 e. The number of amides is 1. The van der Waals surface area contributed by atoms with Gasteiger partial charge >= 0.3 is 6.09 Å². The lowest BCUT2D eigenvalue weighted by molar-refractivity contribution is 0.0663. The highest BCUT2D eigenvalue weighted by molar-refractivity contribution is 5.69. The van der Waals surface area contributed by atoms with E-state index in [1.54, 1.807) is 0 Å². The van der Waals surface area contributed by atoms with Crippen molar-refractivity contribution in [1.29, 1.82) is 0 Å². The number of carbonyl (C=O) groups is 1. The molecule has 1 amide bonds. The lowest BCUT2D eigenvalue weighted by atomic mass is 10.0. The van der Waals surface area contributed by atoms with Gasteiger partial charge in [-0.05, 0) is 17.9 Å². The van der Waals surface area contributed by atoms with Gasteiger partial charge in [-0.3, -0.25) is 4.90 Å². The molecule has 4 heteroatoms. The van der Waals surface area contributed by atoms with E-state index in [0.29, 0.717) is 24.6 Å². The van der Waals surface area contributed by atoms with Crippen LogP contribution in [0.1, 0.15) is 18.9 Å². The average Bonchev–Trinajstić information content (AvgIpc) is 2.63. The van der Waals surface area contributed by atoms with Crippen LogP contribution in [0, 0.1) is 5.92 Å². The van der Waals surface area contributed by atoms with E-state index in [0.717, 1.165) is 25.1 Å². The molecule has 0 radical (unpaired) electrons. The Bertz CT molecular complexity index is 449. The highest BCUT2D eigenvalue weighted by Crippen LogP contribution is 2.32. The topological polar surface area (TPSA) is 41.6 Å². The lowest BCUT2D eigenvalue weighted by Gasteiger charge is -2.35. The van der Waals surface area contributed by atoms with Gasteiger partial charge in [-0.15, -0.1) is 0 Å². The van der Waals surface area contributed by atoms with Gasteiger partial charge in [0.1, 0.15) is 6.61 Å². The van der Waals surface area contributed by atoms with Gasteiger partial charge in [-0.1, -0.05) is 37.3 Å². The maximum Gasteiger partial charge on any atom is 0.410 e. The molecule has 1 aromatic carbocycles. The molecule has 3 unspecified atom stereocenters. The Balaban J connectivity index is 1.62. The number of piperazine rings is 1. The fourth-order valence-electron chi connectivity index (χ4n) is 3.20. The molecule has 0 aromatic heterocycles. The van der Waals surface area contributed by atoms with Crippen LogP contribution in [0.4, 0.5) is 4.79 Å². The summed E-state index contributed by atoms with van der Waals surface area (Å²) in [4.78, 5) is 14.2. The van der Waals surface area contributed by atoms with Crippen LogP contribution in [0.5, 0.6) is 0 Å². The standard InChI is InChI=1S/C15H20N2O2/c1-11-7-13-8-16-9-14(11)17(13)15(18)19-10-12-5-3-2-4-6-12/h2-6,11,13-14,16H,7-10H2,1H3.